The third kappa shape index (κ3) is 6.82. The number of halogens is 1. The van der Waals surface area contributed by atoms with E-state index in [9.17, 15) is 13.2 Å². The molecule has 1 aromatic heterocycles. The van der Waals surface area contributed by atoms with Gasteiger partial charge in [0.1, 0.15) is 11.6 Å². The lowest BCUT2D eigenvalue weighted by Gasteiger charge is -2.31. The maximum absolute atomic E-state index is 12.3. The molecule has 8 heteroatoms. The van der Waals surface area contributed by atoms with Gasteiger partial charge in [0.15, 0.2) is 9.84 Å². The first kappa shape index (κ1) is 21.8. The lowest BCUT2D eigenvalue weighted by Crippen LogP contribution is -2.33. The largest absolute Gasteiger partial charge is 0.357 e. The van der Waals surface area contributed by atoms with Crippen LogP contribution in [-0.4, -0.2) is 38.2 Å². The van der Waals surface area contributed by atoms with Crippen LogP contribution in [0.4, 0.5) is 5.82 Å². The molecule has 1 saturated heterocycles. The maximum atomic E-state index is 12.3. The van der Waals surface area contributed by atoms with Crippen LogP contribution in [0, 0.1) is 5.92 Å². The zero-order valence-electron chi connectivity index (χ0n) is 16.5. The molecule has 0 aliphatic carbocycles. The van der Waals surface area contributed by atoms with Crippen LogP contribution in [0.15, 0.2) is 47.1 Å². The first-order valence-corrected chi connectivity index (χ1v) is 12.3. The Labute approximate surface area is 180 Å². The fraction of sp³-hybridized carbons (Fsp3) is 0.429. The number of nitrogens with zero attached hydrogens (tertiary/aromatic N) is 2. The Bertz CT molecular complexity index is 923. The number of carbonyl (C=O) groups excluding carboxylic acids is 1. The molecule has 2 aromatic rings. The summed E-state index contributed by atoms with van der Waals surface area (Å²) in [5.41, 5.74) is 1.51. The van der Waals surface area contributed by atoms with Gasteiger partial charge < -0.3 is 10.2 Å². The first-order valence-electron chi connectivity index (χ1n) is 9.72. The van der Waals surface area contributed by atoms with Crippen molar-refractivity contribution in [2.45, 2.75) is 32.1 Å². The molecule has 1 N–H and O–H groups in total. The monoisotopic (exact) mass is 479 g/mol. The highest BCUT2D eigenvalue weighted by Crippen LogP contribution is 2.21. The van der Waals surface area contributed by atoms with Gasteiger partial charge in [-0.2, -0.15) is 0 Å². The number of benzene rings is 1. The van der Waals surface area contributed by atoms with Gasteiger partial charge in [-0.3, -0.25) is 4.79 Å². The number of piperidine rings is 1. The molecule has 1 aliphatic rings. The minimum Gasteiger partial charge on any atom is -0.357 e. The van der Waals surface area contributed by atoms with Crippen molar-refractivity contribution in [2.24, 2.45) is 5.92 Å². The number of anilines is 1. The SMILES string of the molecule is CC1CCN(c2ccc(CNC(=O)CS(=O)(=O)Cc3ccc(Br)cc3)cn2)CC1. The Morgan fingerprint density at radius 3 is 2.41 bits per heavy atom. The van der Waals surface area contributed by atoms with Gasteiger partial charge in [0, 0.05) is 30.3 Å². The number of aromatic nitrogens is 1. The fourth-order valence-corrected chi connectivity index (χ4v) is 4.85. The molecule has 0 atom stereocenters. The third-order valence-electron chi connectivity index (χ3n) is 5.06. The number of carbonyl (C=O) groups is 1. The van der Waals surface area contributed by atoms with Crippen molar-refractivity contribution in [1.82, 2.24) is 10.3 Å². The van der Waals surface area contributed by atoms with Gasteiger partial charge in [-0.05, 0) is 48.1 Å². The van der Waals surface area contributed by atoms with E-state index < -0.39 is 21.5 Å². The van der Waals surface area contributed by atoms with Gasteiger partial charge in [0.05, 0.1) is 5.75 Å². The summed E-state index contributed by atoms with van der Waals surface area (Å²) in [6.45, 7) is 4.56. The smallest absolute Gasteiger partial charge is 0.235 e. The van der Waals surface area contributed by atoms with Crippen LogP contribution in [0.3, 0.4) is 0 Å². The molecule has 3 rings (SSSR count). The topological polar surface area (TPSA) is 79.4 Å². The fourth-order valence-electron chi connectivity index (χ4n) is 3.28. The summed E-state index contributed by atoms with van der Waals surface area (Å²) in [6, 6.07) is 10.9. The van der Waals surface area contributed by atoms with E-state index in [0.717, 1.165) is 34.9 Å². The van der Waals surface area contributed by atoms with Crippen molar-refractivity contribution in [1.29, 1.82) is 0 Å². The number of nitrogens with one attached hydrogen (secondary N) is 1. The summed E-state index contributed by atoms with van der Waals surface area (Å²) >= 11 is 3.32. The van der Waals surface area contributed by atoms with Gasteiger partial charge >= 0.3 is 0 Å². The van der Waals surface area contributed by atoms with E-state index in [1.165, 1.54) is 12.8 Å². The highest BCUT2D eigenvalue weighted by molar-refractivity contribution is 9.10. The quantitative estimate of drug-likeness (QED) is 0.658. The van der Waals surface area contributed by atoms with Crippen LogP contribution >= 0.6 is 15.9 Å². The first-order chi connectivity index (χ1) is 13.8. The van der Waals surface area contributed by atoms with Gasteiger partial charge in [0.2, 0.25) is 5.91 Å². The summed E-state index contributed by atoms with van der Waals surface area (Å²) in [5.74, 6) is 0.528. The molecule has 1 aliphatic heterocycles. The molecular weight excluding hydrogens is 454 g/mol. The Morgan fingerprint density at radius 1 is 1.14 bits per heavy atom. The van der Waals surface area contributed by atoms with Crippen LogP contribution < -0.4 is 10.2 Å². The minimum atomic E-state index is -3.53. The van der Waals surface area contributed by atoms with Crippen LogP contribution in [0.25, 0.3) is 0 Å². The molecule has 1 amide bonds. The van der Waals surface area contributed by atoms with Gasteiger partial charge in [0.25, 0.3) is 0 Å². The lowest BCUT2D eigenvalue weighted by molar-refractivity contribution is -0.118. The third-order valence-corrected chi connectivity index (χ3v) is 7.06. The van der Waals surface area contributed by atoms with Crippen molar-refractivity contribution >= 4 is 37.5 Å². The average molecular weight is 480 g/mol. The van der Waals surface area contributed by atoms with Crippen molar-refractivity contribution in [3.8, 4) is 0 Å². The standard InChI is InChI=1S/C21H26BrN3O3S/c1-16-8-10-25(11-9-16)20-7-4-18(12-23-20)13-24-21(26)15-29(27,28)14-17-2-5-19(22)6-3-17/h2-7,12,16H,8-11,13-15H2,1H3,(H,24,26). The molecule has 6 nitrogen and oxygen atoms in total. The van der Waals surface area contributed by atoms with E-state index >= 15 is 0 Å². The van der Waals surface area contributed by atoms with Crippen LogP contribution in [0.5, 0.6) is 0 Å². The second-order valence-corrected chi connectivity index (χ2v) is 10.6. The number of amides is 1. The van der Waals surface area contributed by atoms with E-state index in [0.29, 0.717) is 5.56 Å². The predicted molar refractivity (Wildman–Crippen MR) is 118 cm³/mol. The van der Waals surface area contributed by atoms with Crippen molar-refractivity contribution in [3.05, 3.63) is 58.2 Å². The van der Waals surface area contributed by atoms with Crippen molar-refractivity contribution in [2.75, 3.05) is 23.7 Å². The molecule has 0 spiro atoms. The summed E-state index contributed by atoms with van der Waals surface area (Å²) in [7, 11) is -3.53. The second kappa shape index (κ2) is 9.71. The summed E-state index contributed by atoms with van der Waals surface area (Å²) in [4.78, 5) is 18.9. The Kier molecular flexibility index (Phi) is 7.29. The molecule has 0 saturated carbocycles. The van der Waals surface area contributed by atoms with Crippen LogP contribution in [0.1, 0.15) is 30.9 Å². The zero-order chi connectivity index (χ0) is 20.9. The van der Waals surface area contributed by atoms with E-state index in [1.807, 2.05) is 12.1 Å². The van der Waals surface area contributed by atoms with Gasteiger partial charge in [-0.25, -0.2) is 13.4 Å². The summed E-state index contributed by atoms with van der Waals surface area (Å²) < 4.78 is 25.4. The van der Waals surface area contributed by atoms with Crippen molar-refractivity contribution < 1.29 is 13.2 Å². The molecule has 0 radical (unpaired) electrons. The zero-order valence-corrected chi connectivity index (χ0v) is 18.9. The second-order valence-electron chi connectivity index (χ2n) is 7.63. The van der Waals surface area contributed by atoms with E-state index in [-0.39, 0.29) is 12.3 Å². The number of sulfone groups is 1. The predicted octanol–water partition coefficient (Wildman–Crippen LogP) is 3.31. The minimum absolute atomic E-state index is 0.154. The van der Waals surface area contributed by atoms with Crippen molar-refractivity contribution in [3.63, 3.8) is 0 Å². The normalized spacial score (nSPS) is 15.3. The average Bonchev–Trinajstić information content (AvgIpc) is 2.69. The highest BCUT2D eigenvalue weighted by atomic mass is 79.9. The molecule has 1 fully saturated rings. The Morgan fingerprint density at radius 2 is 1.79 bits per heavy atom. The maximum Gasteiger partial charge on any atom is 0.235 e. The molecule has 2 heterocycles. The van der Waals surface area contributed by atoms with Crippen LogP contribution in [-0.2, 0) is 26.9 Å². The van der Waals surface area contributed by atoms with Gasteiger partial charge in [-0.1, -0.05) is 41.1 Å². The number of hydrogen-bond donors (Lipinski definition) is 1. The molecule has 0 bridgehead atoms. The van der Waals surface area contributed by atoms with E-state index in [1.54, 1.807) is 30.5 Å². The van der Waals surface area contributed by atoms with Gasteiger partial charge in [-0.15, -0.1) is 0 Å². The Balaban J connectivity index is 1.47. The van der Waals surface area contributed by atoms with E-state index in [2.05, 4.69) is 38.1 Å². The summed E-state index contributed by atoms with van der Waals surface area (Å²) in [5, 5.41) is 2.68. The molecule has 0 unspecified atom stereocenters. The summed E-state index contributed by atoms with van der Waals surface area (Å²) in [6.07, 6.45) is 4.09. The number of hydrogen-bond acceptors (Lipinski definition) is 5. The number of pyridine rings is 1. The molecular formula is C21H26BrN3O3S. The van der Waals surface area contributed by atoms with Crippen LogP contribution in [0.2, 0.25) is 0 Å². The Hall–Kier alpha value is -1.93. The van der Waals surface area contributed by atoms with E-state index in [4.69, 9.17) is 0 Å². The highest BCUT2D eigenvalue weighted by Gasteiger charge is 2.18. The molecule has 29 heavy (non-hydrogen) atoms. The number of rotatable bonds is 7. The lowest BCUT2D eigenvalue weighted by atomic mass is 9.99. The molecule has 156 valence electrons. The molecule has 1 aromatic carbocycles.